The number of nitrogens with two attached hydrogens (primary N) is 1. The van der Waals surface area contributed by atoms with Crippen LogP contribution in [0, 0.1) is 11.3 Å². The number of hydrogen-bond donors (Lipinski definition) is 3. The van der Waals surface area contributed by atoms with Crippen LogP contribution in [0.5, 0.6) is 0 Å². The molecule has 0 radical (unpaired) electrons. The van der Waals surface area contributed by atoms with Crippen LogP contribution in [0.4, 0.5) is 0 Å². The highest BCUT2D eigenvalue weighted by molar-refractivity contribution is 5.95. The maximum Gasteiger partial charge on any atom is 0.251 e. The van der Waals surface area contributed by atoms with Gasteiger partial charge in [0.2, 0.25) is 0 Å². The molecule has 0 aliphatic heterocycles. The Bertz CT molecular complexity index is 1370. The first-order valence-electron chi connectivity index (χ1n) is 12.7. The minimum atomic E-state index is -0.294. The molecule has 4 aromatic carbocycles. The summed E-state index contributed by atoms with van der Waals surface area (Å²) in [7, 11) is 1.67. The van der Waals surface area contributed by atoms with Crippen molar-refractivity contribution in [1.82, 2.24) is 5.32 Å². The Kier molecular flexibility index (Phi) is 9.22. The fourth-order valence-corrected chi connectivity index (χ4v) is 4.45. The average molecular weight is 504 g/mol. The molecule has 38 heavy (non-hydrogen) atoms. The summed E-state index contributed by atoms with van der Waals surface area (Å²) in [5, 5.41) is 11.0. The first kappa shape index (κ1) is 26.6. The Morgan fingerprint density at radius 1 is 0.868 bits per heavy atom. The van der Waals surface area contributed by atoms with Crippen LogP contribution >= 0.6 is 0 Å². The minimum absolute atomic E-state index is 0.0305. The zero-order valence-corrected chi connectivity index (χ0v) is 21.5. The summed E-state index contributed by atoms with van der Waals surface area (Å²) in [4.78, 5) is 13.4. The molecule has 0 heterocycles. The summed E-state index contributed by atoms with van der Waals surface area (Å²) in [6, 6.07) is 35.1. The van der Waals surface area contributed by atoms with Crippen LogP contribution < -0.4 is 11.1 Å². The second-order valence-electron chi connectivity index (χ2n) is 9.25. The standard InChI is InChI=1S/C33H33N3O2/c1-38-23-30(22-25-11-8-14-29(21-25)32(34)35)31(20-15-24-9-4-2-5-10-24)36-33(37)28-18-16-27(17-19-28)26-12-6-3-7-13-26/h2-21,30-31H,22-23H2,1H3,(H3,34,35)(H,36,37)/b20-15+. The Morgan fingerprint density at radius 2 is 1.53 bits per heavy atom. The van der Waals surface area contributed by atoms with Crippen molar-refractivity contribution in [3.05, 3.63) is 138 Å². The largest absolute Gasteiger partial charge is 0.384 e. The molecule has 0 aliphatic rings. The fraction of sp³-hybridized carbons (Fsp3) is 0.152. The molecule has 1 amide bonds. The number of ether oxygens (including phenoxy) is 1. The van der Waals surface area contributed by atoms with Gasteiger partial charge in [-0.05, 0) is 46.9 Å². The Morgan fingerprint density at radius 3 is 2.18 bits per heavy atom. The van der Waals surface area contributed by atoms with Crippen molar-refractivity contribution in [1.29, 1.82) is 5.41 Å². The van der Waals surface area contributed by atoms with Gasteiger partial charge in [-0.2, -0.15) is 0 Å². The zero-order chi connectivity index (χ0) is 26.7. The average Bonchev–Trinajstić information content (AvgIpc) is 2.96. The molecule has 4 rings (SSSR count). The lowest BCUT2D eigenvalue weighted by Gasteiger charge is -2.26. The van der Waals surface area contributed by atoms with Gasteiger partial charge in [0.15, 0.2) is 0 Å². The van der Waals surface area contributed by atoms with Crippen molar-refractivity contribution < 1.29 is 9.53 Å². The van der Waals surface area contributed by atoms with E-state index in [0.29, 0.717) is 24.2 Å². The van der Waals surface area contributed by atoms with Crippen molar-refractivity contribution in [2.75, 3.05) is 13.7 Å². The topological polar surface area (TPSA) is 88.2 Å². The van der Waals surface area contributed by atoms with Gasteiger partial charge in [-0.3, -0.25) is 10.2 Å². The molecule has 0 aliphatic carbocycles. The third kappa shape index (κ3) is 7.28. The Balaban J connectivity index is 1.58. The molecule has 5 heteroatoms. The van der Waals surface area contributed by atoms with Crippen molar-refractivity contribution in [3.63, 3.8) is 0 Å². The molecule has 4 N–H and O–H groups in total. The number of amides is 1. The number of nitrogens with one attached hydrogen (secondary N) is 2. The first-order chi connectivity index (χ1) is 18.5. The predicted molar refractivity (Wildman–Crippen MR) is 155 cm³/mol. The van der Waals surface area contributed by atoms with Gasteiger partial charge in [0.25, 0.3) is 5.91 Å². The van der Waals surface area contributed by atoms with Gasteiger partial charge in [0, 0.05) is 24.2 Å². The van der Waals surface area contributed by atoms with E-state index in [9.17, 15) is 4.79 Å². The van der Waals surface area contributed by atoms with E-state index in [2.05, 4.69) is 17.4 Å². The third-order valence-electron chi connectivity index (χ3n) is 6.47. The minimum Gasteiger partial charge on any atom is -0.384 e. The lowest BCUT2D eigenvalue weighted by atomic mass is 9.90. The molecule has 0 bridgehead atoms. The fourth-order valence-electron chi connectivity index (χ4n) is 4.45. The number of methoxy groups -OCH3 is 1. The van der Waals surface area contributed by atoms with E-state index in [4.69, 9.17) is 15.9 Å². The van der Waals surface area contributed by atoms with E-state index < -0.39 is 0 Å². The summed E-state index contributed by atoms with van der Waals surface area (Å²) in [6.45, 7) is 0.446. The molecule has 0 spiro atoms. The van der Waals surface area contributed by atoms with Crippen molar-refractivity contribution in [2.24, 2.45) is 11.7 Å². The van der Waals surface area contributed by atoms with Crippen LogP contribution in [0.1, 0.15) is 27.0 Å². The lowest BCUT2D eigenvalue weighted by molar-refractivity contribution is 0.0902. The van der Waals surface area contributed by atoms with Gasteiger partial charge >= 0.3 is 0 Å². The Labute approximate surface area is 224 Å². The number of hydrogen-bond acceptors (Lipinski definition) is 3. The number of benzene rings is 4. The smallest absolute Gasteiger partial charge is 0.251 e. The molecular weight excluding hydrogens is 470 g/mol. The summed E-state index contributed by atoms with van der Waals surface area (Å²) >= 11 is 0. The molecule has 2 unspecified atom stereocenters. The quantitative estimate of drug-likeness (QED) is 0.174. The molecule has 0 saturated carbocycles. The number of rotatable bonds is 11. The van der Waals surface area contributed by atoms with Crippen molar-refractivity contribution >= 4 is 17.8 Å². The van der Waals surface area contributed by atoms with Gasteiger partial charge in [0.1, 0.15) is 5.84 Å². The van der Waals surface area contributed by atoms with Gasteiger partial charge in [-0.25, -0.2) is 0 Å². The molecule has 0 saturated heterocycles. The highest BCUT2D eigenvalue weighted by Crippen LogP contribution is 2.21. The molecule has 0 aromatic heterocycles. The van der Waals surface area contributed by atoms with Crippen LogP contribution in [-0.4, -0.2) is 31.5 Å². The van der Waals surface area contributed by atoms with E-state index in [-0.39, 0.29) is 23.7 Å². The van der Waals surface area contributed by atoms with Crippen LogP contribution in [0.3, 0.4) is 0 Å². The highest BCUT2D eigenvalue weighted by Gasteiger charge is 2.23. The molecule has 2 atom stereocenters. The summed E-state index contributed by atoms with van der Waals surface area (Å²) in [5.41, 5.74) is 11.2. The summed E-state index contributed by atoms with van der Waals surface area (Å²) < 4.78 is 5.59. The predicted octanol–water partition coefficient (Wildman–Crippen LogP) is 5.95. The zero-order valence-electron chi connectivity index (χ0n) is 21.5. The summed E-state index contributed by atoms with van der Waals surface area (Å²) in [6.07, 6.45) is 4.70. The second-order valence-corrected chi connectivity index (χ2v) is 9.25. The van der Waals surface area contributed by atoms with Crippen molar-refractivity contribution in [2.45, 2.75) is 12.5 Å². The lowest BCUT2D eigenvalue weighted by Crippen LogP contribution is -2.41. The highest BCUT2D eigenvalue weighted by atomic mass is 16.5. The molecule has 4 aromatic rings. The molecule has 192 valence electrons. The van der Waals surface area contributed by atoms with Gasteiger partial charge in [-0.15, -0.1) is 0 Å². The number of amidine groups is 1. The normalized spacial score (nSPS) is 12.7. The van der Waals surface area contributed by atoms with Gasteiger partial charge < -0.3 is 15.8 Å². The monoisotopic (exact) mass is 503 g/mol. The van der Waals surface area contributed by atoms with E-state index in [1.807, 2.05) is 109 Å². The molecular formula is C33H33N3O2. The van der Waals surface area contributed by atoms with Crippen LogP contribution in [-0.2, 0) is 11.2 Å². The second kappa shape index (κ2) is 13.2. The SMILES string of the molecule is COCC(Cc1cccc(C(=N)N)c1)C(/C=C/c1ccccc1)NC(=O)c1ccc(-c2ccccc2)cc1. The number of carbonyl (C=O) groups is 1. The van der Waals surface area contributed by atoms with Gasteiger partial charge in [0.05, 0.1) is 12.6 Å². The van der Waals surface area contributed by atoms with Crippen LogP contribution in [0.25, 0.3) is 17.2 Å². The number of carbonyl (C=O) groups excluding carboxylic acids is 1. The third-order valence-corrected chi connectivity index (χ3v) is 6.47. The summed E-state index contributed by atoms with van der Waals surface area (Å²) in [5.74, 6) is -0.163. The molecule has 0 fully saturated rings. The maximum absolute atomic E-state index is 13.4. The van der Waals surface area contributed by atoms with Crippen LogP contribution in [0.2, 0.25) is 0 Å². The van der Waals surface area contributed by atoms with E-state index in [0.717, 1.165) is 22.3 Å². The van der Waals surface area contributed by atoms with E-state index in [1.54, 1.807) is 7.11 Å². The number of nitrogen functional groups attached to an aromatic ring is 1. The molecule has 5 nitrogen and oxygen atoms in total. The maximum atomic E-state index is 13.4. The first-order valence-corrected chi connectivity index (χ1v) is 12.7. The van der Waals surface area contributed by atoms with E-state index >= 15 is 0 Å². The van der Waals surface area contributed by atoms with E-state index in [1.165, 1.54) is 0 Å². The Hall–Kier alpha value is -4.48. The van der Waals surface area contributed by atoms with Crippen molar-refractivity contribution in [3.8, 4) is 11.1 Å². The van der Waals surface area contributed by atoms with Gasteiger partial charge in [-0.1, -0.05) is 103 Å². The van der Waals surface area contributed by atoms with Crippen LogP contribution in [0.15, 0.2) is 115 Å².